The summed E-state index contributed by atoms with van der Waals surface area (Å²) in [5.74, 6) is 0.848. The fourth-order valence-electron chi connectivity index (χ4n) is 5.55. The number of hydrogen-bond acceptors (Lipinski definition) is 8. The fraction of sp³-hybridized carbons (Fsp3) is 0.294. The molecular formula is C34H34N4O6S. The number of likely N-dealkylation sites (tertiary alicyclic amines) is 1. The second kappa shape index (κ2) is 13.0. The van der Waals surface area contributed by atoms with Crippen molar-refractivity contribution in [2.45, 2.75) is 39.0 Å². The molecule has 4 heterocycles. The molecule has 2 N–H and O–H groups in total. The van der Waals surface area contributed by atoms with E-state index >= 15 is 0 Å². The van der Waals surface area contributed by atoms with Crippen molar-refractivity contribution >= 4 is 29.1 Å². The quantitative estimate of drug-likeness (QED) is 0.352. The van der Waals surface area contributed by atoms with Gasteiger partial charge in [-0.3, -0.25) is 14.4 Å². The number of ether oxygens (including phenoxy) is 3. The van der Waals surface area contributed by atoms with Crippen LogP contribution in [0.5, 0.6) is 17.2 Å². The van der Waals surface area contributed by atoms with Gasteiger partial charge in [0, 0.05) is 24.0 Å². The molecule has 10 nitrogen and oxygen atoms in total. The van der Waals surface area contributed by atoms with Crippen molar-refractivity contribution in [3.8, 4) is 28.4 Å². The van der Waals surface area contributed by atoms with Crippen LogP contribution in [-0.2, 0) is 22.6 Å². The molecule has 1 saturated heterocycles. The Morgan fingerprint density at radius 2 is 1.93 bits per heavy atom. The average Bonchev–Trinajstić information content (AvgIpc) is 3.64. The van der Waals surface area contributed by atoms with Crippen molar-refractivity contribution in [3.63, 3.8) is 0 Å². The lowest BCUT2D eigenvalue weighted by molar-refractivity contribution is -0.129. The van der Waals surface area contributed by atoms with Crippen molar-refractivity contribution < 1.29 is 28.6 Å². The number of rotatable bonds is 3. The van der Waals surface area contributed by atoms with E-state index in [4.69, 9.17) is 14.2 Å². The van der Waals surface area contributed by atoms with Crippen LogP contribution >= 0.6 is 11.3 Å². The Balaban J connectivity index is 1.33. The van der Waals surface area contributed by atoms with Gasteiger partial charge in [0.05, 0.1) is 36.8 Å². The number of carbonyl (C=O) groups excluding carboxylic acids is 3. The number of benzene rings is 3. The van der Waals surface area contributed by atoms with E-state index in [0.29, 0.717) is 22.8 Å². The van der Waals surface area contributed by atoms with Crippen LogP contribution in [-0.4, -0.2) is 66.6 Å². The largest absolute Gasteiger partial charge is 0.493 e. The third-order valence-electron chi connectivity index (χ3n) is 7.95. The Morgan fingerprint density at radius 1 is 1.07 bits per heavy atom. The van der Waals surface area contributed by atoms with Gasteiger partial charge >= 0.3 is 0 Å². The van der Waals surface area contributed by atoms with Gasteiger partial charge in [-0.15, -0.1) is 11.3 Å². The van der Waals surface area contributed by atoms with E-state index < -0.39 is 12.1 Å². The van der Waals surface area contributed by atoms with Gasteiger partial charge in [-0.1, -0.05) is 24.3 Å². The predicted octanol–water partition coefficient (Wildman–Crippen LogP) is 4.08. The first-order valence-corrected chi connectivity index (χ1v) is 15.6. The highest BCUT2D eigenvalue weighted by Gasteiger charge is 2.38. The third kappa shape index (κ3) is 6.93. The normalized spacial score (nSPS) is 18.2. The van der Waals surface area contributed by atoms with Crippen LogP contribution in [0.25, 0.3) is 11.1 Å². The van der Waals surface area contributed by atoms with Crippen molar-refractivity contribution in [3.05, 3.63) is 93.4 Å². The van der Waals surface area contributed by atoms with Gasteiger partial charge in [-0.2, -0.15) is 0 Å². The first-order chi connectivity index (χ1) is 21.7. The van der Waals surface area contributed by atoms with E-state index in [2.05, 4.69) is 15.6 Å². The Labute approximate surface area is 265 Å². The molecule has 2 atom stereocenters. The SMILES string of the molecule is COc1cc2ccc1O[C@H]1CN(C(=O)Cc3csc(C)n3)C[C@@H]1NC(=O)c1ccc(C)c(c1)-c1cccc(c1)OCC(=O)NC2. The Kier molecular flexibility index (Phi) is 8.70. The molecule has 11 heteroatoms. The standard InChI is InChI=1S/C34H34N4O6S/c1-20-7-9-24-13-27(20)23-5-4-6-26(12-23)43-18-32(39)35-15-22-8-10-29(30(11-22)42-3)44-31-17-38(16-28(31)37-34(24)41)33(40)14-25-19-45-21(2)36-25/h4-13,19,28,31H,14-18H2,1-3H3,(H,35,39)(H,37,41)/t28-,31-/m0/s1. The van der Waals surface area contributed by atoms with Crippen LogP contribution in [0.4, 0.5) is 0 Å². The number of nitrogens with zero attached hydrogens (tertiary/aromatic N) is 2. The number of nitrogens with one attached hydrogen (secondary N) is 2. The zero-order valence-corrected chi connectivity index (χ0v) is 26.1. The second-order valence-electron chi connectivity index (χ2n) is 11.2. The Bertz CT molecular complexity index is 1750. The summed E-state index contributed by atoms with van der Waals surface area (Å²) in [6, 6.07) is 17.9. The van der Waals surface area contributed by atoms with Crippen LogP contribution in [0, 0.1) is 13.8 Å². The zero-order chi connectivity index (χ0) is 31.5. The smallest absolute Gasteiger partial charge is 0.258 e. The molecular weight excluding hydrogens is 592 g/mol. The molecule has 0 radical (unpaired) electrons. The maximum absolute atomic E-state index is 13.7. The molecule has 3 aliphatic rings. The van der Waals surface area contributed by atoms with Crippen LogP contribution < -0.4 is 24.8 Å². The number of carbonyl (C=O) groups is 3. The molecule has 232 valence electrons. The van der Waals surface area contributed by atoms with E-state index in [-0.39, 0.29) is 50.4 Å². The topological polar surface area (TPSA) is 119 Å². The van der Waals surface area contributed by atoms with E-state index in [0.717, 1.165) is 33.0 Å². The molecule has 0 saturated carbocycles. The van der Waals surface area contributed by atoms with Crippen LogP contribution in [0.15, 0.2) is 66.0 Å². The molecule has 0 spiro atoms. The number of aryl methyl sites for hydroxylation is 2. The molecule has 1 aromatic heterocycles. The number of thiazole rings is 1. The minimum Gasteiger partial charge on any atom is -0.493 e. The summed E-state index contributed by atoms with van der Waals surface area (Å²) in [5.41, 5.74) is 4.71. The summed E-state index contributed by atoms with van der Waals surface area (Å²) in [4.78, 5) is 45.8. The minimum atomic E-state index is -0.543. The van der Waals surface area contributed by atoms with Gasteiger partial charge in [0.15, 0.2) is 18.1 Å². The number of amides is 3. The molecule has 7 rings (SSSR count). The van der Waals surface area contributed by atoms with Crippen LogP contribution in [0.3, 0.4) is 0 Å². The number of hydrogen-bond donors (Lipinski definition) is 2. The maximum Gasteiger partial charge on any atom is 0.258 e. The highest BCUT2D eigenvalue weighted by Crippen LogP contribution is 2.32. The molecule has 3 amide bonds. The molecule has 3 aromatic carbocycles. The first kappa shape index (κ1) is 30.1. The van der Waals surface area contributed by atoms with Crippen molar-refractivity contribution in [1.29, 1.82) is 0 Å². The van der Waals surface area contributed by atoms with Crippen molar-refractivity contribution in [2.24, 2.45) is 0 Å². The van der Waals surface area contributed by atoms with Gasteiger partial charge in [-0.25, -0.2) is 4.98 Å². The second-order valence-corrected chi connectivity index (χ2v) is 12.2. The van der Waals surface area contributed by atoms with Gasteiger partial charge < -0.3 is 29.7 Å². The Hall–Kier alpha value is -4.90. The summed E-state index contributed by atoms with van der Waals surface area (Å²) < 4.78 is 17.9. The molecule has 6 bridgehead atoms. The molecule has 3 aliphatic heterocycles. The minimum absolute atomic E-state index is 0.0889. The summed E-state index contributed by atoms with van der Waals surface area (Å²) in [6.07, 6.45) is -0.371. The predicted molar refractivity (Wildman–Crippen MR) is 170 cm³/mol. The highest BCUT2D eigenvalue weighted by molar-refractivity contribution is 7.09. The van der Waals surface area contributed by atoms with Crippen molar-refractivity contribution in [2.75, 3.05) is 26.8 Å². The zero-order valence-electron chi connectivity index (χ0n) is 25.3. The summed E-state index contributed by atoms with van der Waals surface area (Å²) in [5, 5.41) is 8.81. The fourth-order valence-corrected chi connectivity index (χ4v) is 6.17. The molecule has 0 aliphatic carbocycles. The van der Waals surface area contributed by atoms with Gasteiger partial charge in [-0.05, 0) is 72.5 Å². The molecule has 1 fully saturated rings. The molecule has 45 heavy (non-hydrogen) atoms. The summed E-state index contributed by atoms with van der Waals surface area (Å²) in [6.45, 7) is 4.56. The number of methoxy groups -OCH3 is 1. The highest BCUT2D eigenvalue weighted by atomic mass is 32.1. The van der Waals surface area contributed by atoms with Gasteiger partial charge in [0.2, 0.25) is 5.91 Å². The van der Waals surface area contributed by atoms with Crippen LogP contribution in [0.1, 0.15) is 32.2 Å². The molecule has 4 aromatic rings. The van der Waals surface area contributed by atoms with E-state index in [9.17, 15) is 14.4 Å². The number of fused-ring (bicyclic) bond motifs is 7. The van der Waals surface area contributed by atoms with Crippen molar-refractivity contribution in [1.82, 2.24) is 20.5 Å². The lowest BCUT2D eigenvalue weighted by atomic mass is 9.97. The average molecular weight is 627 g/mol. The van der Waals surface area contributed by atoms with Gasteiger partial charge in [0.1, 0.15) is 11.9 Å². The maximum atomic E-state index is 13.7. The van der Waals surface area contributed by atoms with E-state index in [1.54, 1.807) is 36.3 Å². The van der Waals surface area contributed by atoms with Gasteiger partial charge in [0.25, 0.3) is 11.8 Å². The van der Waals surface area contributed by atoms with Crippen LogP contribution in [0.2, 0.25) is 0 Å². The summed E-state index contributed by atoms with van der Waals surface area (Å²) in [7, 11) is 1.54. The number of aromatic nitrogens is 1. The summed E-state index contributed by atoms with van der Waals surface area (Å²) >= 11 is 1.51. The lowest BCUT2D eigenvalue weighted by Crippen LogP contribution is -2.45. The Morgan fingerprint density at radius 3 is 2.73 bits per heavy atom. The monoisotopic (exact) mass is 626 g/mol. The van der Waals surface area contributed by atoms with E-state index in [1.165, 1.54) is 11.3 Å². The van der Waals surface area contributed by atoms with E-state index in [1.807, 2.05) is 55.6 Å². The molecule has 0 unspecified atom stereocenters. The third-order valence-corrected chi connectivity index (χ3v) is 8.77. The lowest BCUT2D eigenvalue weighted by Gasteiger charge is -2.23. The first-order valence-electron chi connectivity index (χ1n) is 14.7.